The molecule has 0 radical (unpaired) electrons. The van der Waals surface area contributed by atoms with Gasteiger partial charge < -0.3 is 19.7 Å². The van der Waals surface area contributed by atoms with E-state index >= 15 is 0 Å². The summed E-state index contributed by atoms with van der Waals surface area (Å²) in [5.74, 6) is 2.55. The van der Waals surface area contributed by atoms with Crippen molar-refractivity contribution in [3.63, 3.8) is 0 Å². The van der Waals surface area contributed by atoms with Gasteiger partial charge in [-0.05, 0) is 25.1 Å². The van der Waals surface area contributed by atoms with Gasteiger partial charge in [0.2, 0.25) is 6.79 Å². The number of aromatic nitrogens is 1. The van der Waals surface area contributed by atoms with Crippen molar-refractivity contribution in [2.24, 2.45) is 0 Å². The summed E-state index contributed by atoms with van der Waals surface area (Å²) in [6.07, 6.45) is 1.94. The molecule has 0 spiro atoms. The van der Waals surface area contributed by atoms with Crippen LogP contribution in [0.2, 0.25) is 0 Å². The van der Waals surface area contributed by atoms with Crippen molar-refractivity contribution in [2.75, 3.05) is 43.2 Å². The van der Waals surface area contributed by atoms with Crippen molar-refractivity contribution in [2.45, 2.75) is 13.0 Å². The fourth-order valence-electron chi connectivity index (χ4n) is 3.46. The number of pyridine rings is 1. The van der Waals surface area contributed by atoms with Gasteiger partial charge in [-0.3, -0.25) is 9.69 Å². The molecule has 4 rings (SSSR count). The van der Waals surface area contributed by atoms with Gasteiger partial charge in [0, 0.05) is 17.8 Å². The molecule has 2 aliphatic rings. The van der Waals surface area contributed by atoms with Crippen LogP contribution in [-0.2, 0) is 4.79 Å². The number of carbonyl (C=O) groups is 1. The Hall–Kier alpha value is -2.80. The largest absolute Gasteiger partial charge is 0.454 e. The lowest BCUT2D eigenvalue weighted by Crippen LogP contribution is -3.19. The van der Waals surface area contributed by atoms with Gasteiger partial charge in [0.25, 0.3) is 11.7 Å². The van der Waals surface area contributed by atoms with E-state index in [1.54, 1.807) is 0 Å². The number of amides is 1. The fraction of sp³-hybridized carbons (Fsp3) is 0.368. The summed E-state index contributed by atoms with van der Waals surface area (Å²) < 4.78 is 10.7. The molecule has 1 atom stereocenters. The Kier molecular flexibility index (Phi) is 4.62. The molecule has 0 unspecified atom stereocenters. The topological polar surface area (TPSA) is 69.4 Å². The van der Waals surface area contributed by atoms with Crippen LogP contribution in [0.25, 0.3) is 0 Å². The first-order valence-corrected chi connectivity index (χ1v) is 8.97. The number of fused-ring (bicyclic) bond motifs is 1. The van der Waals surface area contributed by atoms with Crippen LogP contribution in [0.1, 0.15) is 6.92 Å². The number of benzene rings is 1. The van der Waals surface area contributed by atoms with E-state index in [1.807, 2.05) is 43.5 Å². The Labute approximate surface area is 152 Å². The molecule has 1 aromatic carbocycles. The number of ether oxygens (including phenoxy) is 2. The number of carbonyl (C=O) groups excluding carboxylic acids is 1. The number of aromatic amines is 1. The van der Waals surface area contributed by atoms with Crippen LogP contribution in [-0.4, -0.2) is 44.9 Å². The smallest absolute Gasteiger partial charge is 0.282 e. The van der Waals surface area contributed by atoms with Crippen molar-refractivity contribution in [3.8, 4) is 11.5 Å². The number of nitrogens with one attached hydrogen (secondary N) is 3. The van der Waals surface area contributed by atoms with Crippen LogP contribution >= 0.6 is 0 Å². The summed E-state index contributed by atoms with van der Waals surface area (Å²) in [5.41, 5.74) is 0.739. The second kappa shape index (κ2) is 7.21. The quantitative estimate of drug-likeness (QED) is 0.807. The van der Waals surface area contributed by atoms with Crippen molar-refractivity contribution < 1.29 is 24.2 Å². The van der Waals surface area contributed by atoms with Gasteiger partial charge in [-0.15, -0.1) is 0 Å². The van der Waals surface area contributed by atoms with E-state index < -0.39 is 0 Å². The minimum atomic E-state index is -0.109. The highest BCUT2D eigenvalue weighted by Gasteiger charge is 2.32. The van der Waals surface area contributed by atoms with Crippen molar-refractivity contribution in [3.05, 3.63) is 42.6 Å². The summed E-state index contributed by atoms with van der Waals surface area (Å²) in [5, 5.41) is 3.00. The average molecular weight is 356 g/mol. The van der Waals surface area contributed by atoms with Crippen LogP contribution in [0, 0.1) is 0 Å². The summed E-state index contributed by atoms with van der Waals surface area (Å²) in [4.78, 5) is 19.5. The predicted molar refractivity (Wildman–Crippen MR) is 96.6 cm³/mol. The van der Waals surface area contributed by atoms with Crippen LogP contribution in [0.5, 0.6) is 11.5 Å². The molecule has 7 nitrogen and oxygen atoms in total. The Morgan fingerprint density at radius 2 is 2.00 bits per heavy atom. The molecule has 1 aromatic heterocycles. The maximum atomic E-state index is 12.6. The van der Waals surface area contributed by atoms with Gasteiger partial charge >= 0.3 is 0 Å². The monoisotopic (exact) mass is 356 g/mol. The summed E-state index contributed by atoms with van der Waals surface area (Å²) >= 11 is 0. The highest BCUT2D eigenvalue weighted by molar-refractivity contribution is 5.94. The molecule has 26 heavy (non-hydrogen) atoms. The van der Waals surface area contributed by atoms with E-state index in [0.29, 0.717) is 5.75 Å². The van der Waals surface area contributed by atoms with Gasteiger partial charge in [-0.2, -0.15) is 0 Å². The van der Waals surface area contributed by atoms with Gasteiger partial charge in [0.1, 0.15) is 26.2 Å². The Balaban J connectivity index is 1.33. The lowest BCUT2D eigenvalue weighted by molar-refractivity contribution is -0.914. The molecule has 1 saturated heterocycles. The Bertz CT molecular complexity index is 776. The number of nitrogens with zero attached hydrogens (tertiary/aromatic N) is 1. The maximum absolute atomic E-state index is 12.6. The molecule has 0 aliphatic carbocycles. The first-order valence-electron chi connectivity index (χ1n) is 8.97. The normalized spacial score (nSPS) is 17.8. The van der Waals surface area contributed by atoms with Crippen LogP contribution in [0.3, 0.4) is 0 Å². The maximum Gasteiger partial charge on any atom is 0.282 e. The zero-order valence-corrected chi connectivity index (χ0v) is 14.8. The molecule has 7 heteroatoms. The summed E-state index contributed by atoms with van der Waals surface area (Å²) in [7, 11) is 0. The molecule has 2 aliphatic heterocycles. The second-order valence-electron chi connectivity index (χ2n) is 6.67. The Morgan fingerprint density at radius 3 is 2.77 bits per heavy atom. The average Bonchev–Trinajstić information content (AvgIpc) is 3.16. The van der Waals surface area contributed by atoms with Gasteiger partial charge in [0.05, 0.1) is 6.20 Å². The van der Waals surface area contributed by atoms with Gasteiger partial charge in [-0.25, -0.2) is 4.98 Å². The van der Waals surface area contributed by atoms with Crippen molar-refractivity contribution in [1.82, 2.24) is 0 Å². The van der Waals surface area contributed by atoms with Gasteiger partial charge in [0.15, 0.2) is 17.5 Å². The zero-order chi connectivity index (χ0) is 17.9. The predicted octanol–water partition coefficient (Wildman–Crippen LogP) is -0.0385. The molecule has 3 N–H and O–H groups in total. The molecule has 0 bridgehead atoms. The van der Waals surface area contributed by atoms with Gasteiger partial charge in [-0.1, -0.05) is 6.07 Å². The summed E-state index contributed by atoms with van der Waals surface area (Å²) in [6, 6.07) is 11.5. The molecule has 2 aromatic rings. The van der Waals surface area contributed by atoms with Crippen LogP contribution in [0.4, 0.5) is 11.5 Å². The third-order valence-corrected chi connectivity index (χ3v) is 5.08. The highest BCUT2D eigenvalue weighted by Crippen LogP contribution is 2.34. The molecular weight excluding hydrogens is 332 g/mol. The first kappa shape index (κ1) is 16.7. The highest BCUT2D eigenvalue weighted by atomic mass is 16.7. The molecule has 1 fully saturated rings. The molecule has 1 amide bonds. The minimum absolute atomic E-state index is 0.0265. The lowest BCUT2D eigenvalue weighted by Gasteiger charge is -2.31. The van der Waals surface area contributed by atoms with E-state index in [4.69, 9.17) is 9.47 Å². The van der Waals surface area contributed by atoms with E-state index in [1.165, 1.54) is 4.90 Å². The minimum Gasteiger partial charge on any atom is -0.454 e. The molecule has 136 valence electrons. The van der Waals surface area contributed by atoms with E-state index in [0.717, 1.165) is 43.4 Å². The fourth-order valence-corrected chi connectivity index (χ4v) is 3.46. The number of rotatable bonds is 4. The van der Waals surface area contributed by atoms with E-state index in [-0.39, 0.29) is 18.7 Å². The second-order valence-corrected chi connectivity index (χ2v) is 6.67. The van der Waals surface area contributed by atoms with Crippen molar-refractivity contribution >= 4 is 17.4 Å². The molecule has 3 heterocycles. The van der Waals surface area contributed by atoms with E-state index in [2.05, 4.69) is 21.3 Å². The molecule has 0 saturated carbocycles. The summed E-state index contributed by atoms with van der Waals surface area (Å²) in [6.45, 7) is 5.93. The lowest BCUT2D eigenvalue weighted by atomic mass is 10.2. The standard InChI is InChI=1S/C19H22N4O3/c1-14(19(24)21-15-5-6-16-17(12-15)26-13-25-16)22-8-10-23(11-9-22)18-4-2-3-7-20-18/h2-7,12,14H,8-11,13H2,1H3,(H,21,24)/p+2/t14-/m1/s1. The number of hydrogen-bond acceptors (Lipinski definition) is 4. The van der Waals surface area contributed by atoms with Crippen LogP contribution < -0.4 is 29.6 Å². The Morgan fingerprint density at radius 1 is 1.19 bits per heavy atom. The van der Waals surface area contributed by atoms with Crippen molar-refractivity contribution in [1.29, 1.82) is 0 Å². The SMILES string of the molecule is C[C@H](C(=O)Nc1ccc2c(c1)OCO2)[NH+]1CCN(c2cccc[nH+]2)CC1. The first-order chi connectivity index (χ1) is 12.7. The number of H-pyrrole nitrogens is 1. The zero-order valence-electron chi connectivity index (χ0n) is 14.8. The number of anilines is 2. The van der Waals surface area contributed by atoms with E-state index in [9.17, 15) is 4.79 Å². The third kappa shape index (κ3) is 3.43. The number of piperazine rings is 1. The third-order valence-electron chi connectivity index (χ3n) is 5.08. The molecular formula is C19H24N4O3+2. The number of hydrogen-bond donors (Lipinski definition) is 2. The van der Waals surface area contributed by atoms with Crippen LogP contribution in [0.15, 0.2) is 42.6 Å². The number of quaternary nitrogens is 1.